The summed E-state index contributed by atoms with van der Waals surface area (Å²) >= 11 is 0. The molecule has 0 aromatic heterocycles. The minimum Gasteiger partial charge on any atom is -0.353 e. The van der Waals surface area contributed by atoms with Gasteiger partial charge < -0.3 is 10.6 Å². The molecule has 2 N–H and O–H groups in total. The van der Waals surface area contributed by atoms with Gasteiger partial charge in [-0.1, -0.05) is 80.6 Å². The number of amides is 2. The number of carbonyl (C=O) groups is 2. The highest BCUT2D eigenvalue weighted by Gasteiger charge is 2.21. The molecule has 0 bridgehead atoms. The number of benzene rings is 2. The van der Waals surface area contributed by atoms with Gasteiger partial charge in [0.05, 0.1) is 12.5 Å². The zero-order valence-corrected chi connectivity index (χ0v) is 16.4. The predicted molar refractivity (Wildman–Crippen MR) is 112 cm³/mol. The maximum atomic E-state index is 12.7. The first kappa shape index (κ1) is 20.1. The van der Waals surface area contributed by atoms with Crippen molar-refractivity contribution in [2.75, 3.05) is 0 Å². The highest BCUT2D eigenvalue weighted by Crippen LogP contribution is 2.20. The Kier molecular flexibility index (Phi) is 7.65. The second-order valence-electron chi connectivity index (χ2n) is 7.62. The maximum Gasteiger partial charge on any atom is 0.251 e. The van der Waals surface area contributed by atoms with Crippen molar-refractivity contribution in [3.63, 3.8) is 0 Å². The Bertz CT molecular complexity index is 738. The first-order valence-electron chi connectivity index (χ1n) is 10.4. The topological polar surface area (TPSA) is 58.2 Å². The second kappa shape index (κ2) is 10.6. The third-order valence-corrected chi connectivity index (χ3v) is 5.40. The largest absolute Gasteiger partial charge is 0.353 e. The molecule has 0 heterocycles. The Morgan fingerprint density at radius 2 is 1.39 bits per heavy atom. The Morgan fingerprint density at radius 3 is 2.04 bits per heavy atom. The van der Waals surface area contributed by atoms with Gasteiger partial charge in [0.15, 0.2) is 0 Å². The van der Waals surface area contributed by atoms with Crippen molar-refractivity contribution in [1.82, 2.24) is 10.6 Å². The summed E-state index contributed by atoms with van der Waals surface area (Å²) in [6.07, 6.45) is 8.53. The molecule has 3 rings (SSSR count). The minimum absolute atomic E-state index is 0.00721. The maximum absolute atomic E-state index is 12.7. The molecule has 148 valence electrons. The molecular weight excluding hydrogens is 348 g/mol. The summed E-state index contributed by atoms with van der Waals surface area (Å²) in [5.74, 6) is -0.152. The lowest BCUT2D eigenvalue weighted by Gasteiger charge is -2.23. The van der Waals surface area contributed by atoms with E-state index in [1.54, 1.807) is 12.1 Å². The van der Waals surface area contributed by atoms with E-state index in [0.717, 1.165) is 18.4 Å². The molecule has 2 aromatic carbocycles. The van der Waals surface area contributed by atoms with Crippen LogP contribution in [0.1, 0.15) is 73.3 Å². The zero-order valence-electron chi connectivity index (χ0n) is 16.4. The van der Waals surface area contributed by atoms with Gasteiger partial charge in [0.25, 0.3) is 5.91 Å². The van der Waals surface area contributed by atoms with Gasteiger partial charge in [0, 0.05) is 11.6 Å². The van der Waals surface area contributed by atoms with Crippen LogP contribution >= 0.6 is 0 Å². The van der Waals surface area contributed by atoms with Crippen molar-refractivity contribution in [3.05, 3.63) is 71.8 Å². The van der Waals surface area contributed by atoms with Crippen LogP contribution < -0.4 is 10.6 Å². The van der Waals surface area contributed by atoms with Gasteiger partial charge in [-0.2, -0.15) is 0 Å². The lowest BCUT2D eigenvalue weighted by molar-refractivity contribution is -0.122. The van der Waals surface area contributed by atoms with Crippen molar-refractivity contribution in [2.45, 2.75) is 63.5 Å². The number of rotatable bonds is 6. The number of hydrogen-bond acceptors (Lipinski definition) is 2. The summed E-state index contributed by atoms with van der Waals surface area (Å²) in [7, 11) is 0. The Morgan fingerprint density at radius 1 is 0.821 bits per heavy atom. The third-order valence-electron chi connectivity index (χ3n) is 5.40. The van der Waals surface area contributed by atoms with E-state index in [-0.39, 0.29) is 30.3 Å². The molecule has 2 amide bonds. The van der Waals surface area contributed by atoms with Crippen molar-refractivity contribution in [3.8, 4) is 0 Å². The van der Waals surface area contributed by atoms with Crippen LogP contribution in [-0.2, 0) is 4.79 Å². The van der Waals surface area contributed by atoms with Crippen molar-refractivity contribution in [2.24, 2.45) is 0 Å². The van der Waals surface area contributed by atoms with Crippen LogP contribution in [0.5, 0.6) is 0 Å². The average molecular weight is 379 g/mol. The summed E-state index contributed by atoms with van der Waals surface area (Å²) < 4.78 is 0. The molecule has 1 atom stereocenters. The Labute approximate surface area is 167 Å². The average Bonchev–Trinajstić information content (AvgIpc) is 2.70. The molecule has 1 aliphatic rings. The second-order valence-corrected chi connectivity index (χ2v) is 7.62. The van der Waals surface area contributed by atoms with Gasteiger partial charge in [0.1, 0.15) is 0 Å². The van der Waals surface area contributed by atoms with Gasteiger partial charge in [0.2, 0.25) is 5.91 Å². The van der Waals surface area contributed by atoms with Crippen LogP contribution in [0.15, 0.2) is 60.7 Å². The molecule has 1 fully saturated rings. The molecule has 0 unspecified atom stereocenters. The van der Waals surface area contributed by atoms with Crippen molar-refractivity contribution < 1.29 is 9.59 Å². The van der Waals surface area contributed by atoms with Crippen molar-refractivity contribution in [1.29, 1.82) is 0 Å². The monoisotopic (exact) mass is 378 g/mol. The van der Waals surface area contributed by atoms with E-state index in [2.05, 4.69) is 10.6 Å². The number of nitrogens with one attached hydrogen (secondary N) is 2. The minimum atomic E-state index is -0.345. The fourth-order valence-electron chi connectivity index (χ4n) is 3.84. The highest BCUT2D eigenvalue weighted by atomic mass is 16.2. The zero-order chi connectivity index (χ0) is 19.6. The van der Waals surface area contributed by atoms with Gasteiger partial charge >= 0.3 is 0 Å². The third kappa shape index (κ3) is 6.22. The van der Waals surface area contributed by atoms with Gasteiger partial charge in [-0.3, -0.25) is 9.59 Å². The van der Waals surface area contributed by atoms with Crippen LogP contribution in [-0.4, -0.2) is 17.9 Å². The molecule has 0 aliphatic heterocycles. The SMILES string of the molecule is O=C(C[C@@H](NC(=O)c1ccccc1)c1ccccc1)NC1CCCCCCC1. The smallest absolute Gasteiger partial charge is 0.251 e. The molecule has 0 saturated heterocycles. The summed E-state index contributed by atoms with van der Waals surface area (Å²) in [5.41, 5.74) is 1.54. The molecule has 2 aromatic rings. The lowest BCUT2D eigenvalue weighted by Crippen LogP contribution is -2.38. The first-order valence-corrected chi connectivity index (χ1v) is 10.4. The van der Waals surface area contributed by atoms with Crippen LogP contribution in [0.3, 0.4) is 0 Å². The molecule has 0 spiro atoms. The van der Waals surface area contributed by atoms with E-state index in [1.807, 2.05) is 48.5 Å². The summed E-state index contributed by atoms with van der Waals surface area (Å²) in [6, 6.07) is 18.8. The Balaban J connectivity index is 1.65. The predicted octanol–water partition coefficient (Wildman–Crippen LogP) is 4.78. The van der Waals surface area contributed by atoms with Gasteiger partial charge in [-0.25, -0.2) is 0 Å². The summed E-state index contributed by atoms with van der Waals surface area (Å²) in [6.45, 7) is 0. The van der Waals surface area contributed by atoms with Crippen LogP contribution in [0.25, 0.3) is 0 Å². The van der Waals surface area contributed by atoms with E-state index >= 15 is 0 Å². The Hall–Kier alpha value is -2.62. The van der Waals surface area contributed by atoms with E-state index < -0.39 is 0 Å². The fourth-order valence-corrected chi connectivity index (χ4v) is 3.84. The van der Waals surface area contributed by atoms with Crippen LogP contribution in [0.2, 0.25) is 0 Å². The molecule has 1 saturated carbocycles. The van der Waals surface area contributed by atoms with E-state index in [9.17, 15) is 9.59 Å². The fraction of sp³-hybridized carbons (Fsp3) is 0.417. The van der Waals surface area contributed by atoms with E-state index in [0.29, 0.717) is 5.56 Å². The van der Waals surface area contributed by atoms with Gasteiger partial charge in [-0.05, 0) is 30.5 Å². The molecule has 1 aliphatic carbocycles. The molecular formula is C24H30N2O2. The summed E-state index contributed by atoms with van der Waals surface area (Å²) in [5, 5.41) is 6.25. The highest BCUT2D eigenvalue weighted by molar-refractivity contribution is 5.94. The van der Waals surface area contributed by atoms with E-state index in [1.165, 1.54) is 32.1 Å². The normalized spacial score (nSPS) is 16.4. The quantitative estimate of drug-likeness (QED) is 0.760. The van der Waals surface area contributed by atoms with Crippen molar-refractivity contribution >= 4 is 11.8 Å². The molecule has 28 heavy (non-hydrogen) atoms. The molecule has 4 heteroatoms. The summed E-state index contributed by atoms with van der Waals surface area (Å²) in [4.78, 5) is 25.4. The van der Waals surface area contributed by atoms with E-state index in [4.69, 9.17) is 0 Å². The standard InChI is InChI=1S/C24H30N2O2/c27-23(25-21-16-10-2-1-3-11-17-21)18-22(19-12-6-4-7-13-19)26-24(28)20-14-8-5-9-15-20/h4-9,12-15,21-22H,1-3,10-11,16-18H2,(H,25,27)(H,26,28)/t22-/m1/s1. The number of carbonyl (C=O) groups excluding carboxylic acids is 2. The first-order chi connectivity index (χ1) is 13.7. The van der Waals surface area contributed by atoms with Crippen LogP contribution in [0.4, 0.5) is 0 Å². The number of hydrogen-bond donors (Lipinski definition) is 2. The van der Waals surface area contributed by atoms with Gasteiger partial charge in [-0.15, -0.1) is 0 Å². The molecule has 4 nitrogen and oxygen atoms in total. The van der Waals surface area contributed by atoms with Crippen LogP contribution in [0, 0.1) is 0 Å². The lowest BCUT2D eigenvalue weighted by atomic mass is 9.96. The molecule has 0 radical (unpaired) electrons.